The summed E-state index contributed by atoms with van der Waals surface area (Å²) in [6.45, 7) is 3.39. The predicted molar refractivity (Wildman–Crippen MR) is 114 cm³/mol. The van der Waals surface area contributed by atoms with Crippen molar-refractivity contribution in [3.05, 3.63) is 80.0 Å². The third-order valence-corrected chi connectivity index (χ3v) is 5.49. The summed E-state index contributed by atoms with van der Waals surface area (Å²) < 4.78 is 8.41. The Morgan fingerprint density at radius 2 is 2.04 bits per heavy atom. The van der Waals surface area contributed by atoms with E-state index in [0.717, 1.165) is 22.3 Å². The molecule has 146 valence electrons. The van der Waals surface area contributed by atoms with E-state index < -0.39 is 0 Å². The first kappa shape index (κ1) is 20.7. The Labute approximate surface area is 181 Å². The van der Waals surface area contributed by atoms with Crippen molar-refractivity contribution < 1.29 is 9.53 Å². The number of hydrogen-bond acceptors (Lipinski definition) is 3. The second-order valence-corrected chi connectivity index (χ2v) is 7.64. The van der Waals surface area contributed by atoms with Crippen LogP contribution in [0.1, 0.15) is 28.5 Å². The van der Waals surface area contributed by atoms with Crippen molar-refractivity contribution in [1.29, 1.82) is 0 Å². The molecule has 0 spiro atoms. The highest BCUT2D eigenvalue weighted by Crippen LogP contribution is 2.31. The SMILES string of the molecule is CCn1cc(Br)c(CNC(=O)c2cccc(COc3cccc(Cl)c3Cl)c2)n1. The van der Waals surface area contributed by atoms with Gasteiger partial charge in [0, 0.05) is 18.3 Å². The highest BCUT2D eigenvalue weighted by atomic mass is 79.9. The highest BCUT2D eigenvalue weighted by Gasteiger charge is 2.11. The van der Waals surface area contributed by atoms with Crippen LogP contribution in [0.3, 0.4) is 0 Å². The topological polar surface area (TPSA) is 56.2 Å². The summed E-state index contributed by atoms with van der Waals surface area (Å²) in [5.74, 6) is 0.320. The second kappa shape index (κ2) is 9.45. The van der Waals surface area contributed by atoms with Crippen LogP contribution in [0.15, 0.2) is 53.1 Å². The van der Waals surface area contributed by atoms with Gasteiger partial charge in [0.1, 0.15) is 17.4 Å². The molecule has 1 aromatic heterocycles. The van der Waals surface area contributed by atoms with Gasteiger partial charge in [-0.2, -0.15) is 5.10 Å². The maximum atomic E-state index is 12.5. The number of carbonyl (C=O) groups excluding carboxylic acids is 1. The Morgan fingerprint density at radius 1 is 1.25 bits per heavy atom. The Kier molecular flexibility index (Phi) is 6.99. The minimum Gasteiger partial charge on any atom is -0.487 e. The zero-order valence-electron chi connectivity index (χ0n) is 15.1. The number of nitrogens with zero attached hydrogens (tertiary/aromatic N) is 2. The fourth-order valence-corrected chi connectivity index (χ4v) is 3.35. The first-order valence-electron chi connectivity index (χ1n) is 8.63. The molecule has 0 saturated heterocycles. The molecule has 8 heteroatoms. The van der Waals surface area contributed by atoms with Crippen molar-refractivity contribution in [2.24, 2.45) is 0 Å². The van der Waals surface area contributed by atoms with Crippen molar-refractivity contribution in [3.63, 3.8) is 0 Å². The summed E-state index contributed by atoms with van der Waals surface area (Å²) >= 11 is 15.6. The number of rotatable bonds is 7. The fourth-order valence-electron chi connectivity index (χ4n) is 2.54. The number of ether oxygens (including phenoxy) is 1. The fraction of sp³-hybridized carbons (Fsp3) is 0.200. The van der Waals surface area contributed by atoms with E-state index in [-0.39, 0.29) is 12.5 Å². The predicted octanol–water partition coefficient (Wildman–Crippen LogP) is 5.48. The highest BCUT2D eigenvalue weighted by molar-refractivity contribution is 9.10. The Morgan fingerprint density at radius 3 is 2.79 bits per heavy atom. The van der Waals surface area contributed by atoms with Crippen LogP contribution in [0.4, 0.5) is 0 Å². The van der Waals surface area contributed by atoms with Gasteiger partial charge in [-0.3, -0.25) is 9.48 Å². The van der Waals surface area contributed by atoms with Gasteiger partial charge in [-0.1, -0.05) is 41.4 Å². The van der Waals surface area contributed by atoms with E-state index in [4.69, 9.17) is 27.9 Å². The summed E-state index contributed by atoms with van der Waals surface area (Å²) in [4.78, 5) is 12.5. The van der Waals surface area contributed by atoms with Crippen LogP contribution >= 0.6 is 39.1 Å². The lowest BCUT2D eigenvalue weighted by Crippen LogP contribution is -2.23. The van der Waals surface area contributed by atoms with Crippen LogP contribution < -0.4 is 10.1 Å². The van der Waals surface area contributed by atoms with Crippen LogP contribution in [0.5, 0.6) is 5.75 Å². The number of aryl methyl sites for hydroxylation is 1. The molecule has 3 rings (SSSR count). The first-order valence-corrected chi connectivity index (χ1v) is 10.2. The molecular formula is C20H18BrCl2N3O2. The monoisotopic (exact) mass is 481 g/mol. The van der Waals surface area contributed by atoms with Gasteiger partial charge >= 0.3 is 0 Å². The molecule has 1 heterocycles. The molecule has 1 amide bonds. The summed E-state index contributed by atoms with van der Waals surface area (Å²) in [5.41, 5.74) is 2.18. The van der Waals surface area contributed by atoms with Gasteiger partial charge in [0.25, 0.3) is 5.91 Å². The smallest absolute Gasteiger partial charge is 0.251 e. The molecule has 0 fully saturated rings. The van der Waals surface area contributed by atoms with Crippen LogP contribution in [-0.4, -0.2) is 15.7 Å². The molecule has 0 atom stereocenters. The molecule has 5 nitrogen and oxygen atoms in total. The van der Waals surface area contributed by atoms with E-state index in [9.17, 15) is 4.79 Å². The van der Waals surface area contributed by atoms with Crippen LogP contribution in [0, 0.1) is 0 Å². The Bertz CT molecular complexity index is 991. The summed E-state index contributed by atoms with van der Waals surface area (Å²) in [7, 11) is 0. The van der Waals surface area contributed by atoms with Gasteiger partial charge in [-0.15, -0.1) is 0 Å². The van der Waals surface area contributed by atoms with Gasteiger partial charge < -0.3 is 10.1 Å². The standard InChI is InChI=1S/C20H18BrCl2N3O2/c1-2-26-11-15(21)17(25-26)10-24-20(27)14-6-3-5-13(9-14)12-28-18-8-4-7-16(22)19(18)23/h3-9,11H,2,10,12H2,1H3,(H,24,27). The maximum absolute atomic E-state index is 12.5. The third-order valence-electron chi connectivity index (χ3n) is 4.03. The largest absolute Gasteiger partial charge is 0.487 e. The number of aromatic nitrogens is 2. The summed E-state index contributed by atoms with van der Waals surface area (Å²) in [5, 5.41) is 8.09. The van der Waals surface area contributed by atoms with Crippen LogP contribution in [0.2, 0.25) is 10.0 Å². The number of halogens is 3. The first-order chi connectivity index (χ1) is 13.5. The molecule has 0 aliphatic rings. The van der Waals surface area contributed by atoms with E-state index in [2.05, 4.69) is 26.3 Å². The van der Waals surface area contributed by atoms with Crippen molar-refractivity contribution in [2.75, 3.05) is 0 Å². The second-order valence-electron chi connectivity index (χ2n) is 6.00. The molecule has 0 saturated carbocycles. The third kappa shape index (κ3) is 5.07. The van der Waals surface area contributed by atoms with E-state index in [0.29, 0.717) is 27.9 Å². The molecule has 28 heavy (non-hydrogen) atoms. The molecule has 0 radical (unpaired) electrons. The Hall–Kier alpha value is -2.02. The number of amides is 1. The maximum Gasteiger partial charge on any atom is 0.251 e. The Balaban J connectivity index is 1.62. The zero-order chi connectivity index (χ0) is 20.1. The van der Waals surface area contributed by atoms with Crippen LogP contribution in [0.25, 0.3) is 0 Å². The van der Waals surface area contributed by atoms with E-state index in [1.54, 1.807) is 30.3 Å². The summed E-state index contributed by atoms with van der Waals surface area (Å²) in [6, 6.07) is 12.5. The summed E-state index contributed by atoms with van der Waals surface area (Å²) in [6.07, 6.45) is 1.89. The zero-order valence-corrected chi connectivity index (χ0v) is 18.2. The van der Waals surface area contributed by atoms with E-state index in [1.165, 1.54) is 0 Å². The lowest BCUT2D eigenvalue weighted by atomic mass is 10.1. The quantitative estimate of drug-likeness (QED) is 0.485. The van der Waals surface area contributed by atoms with E-state index >= 15 is 0 Å². The van der Waals surface area contributed by atoms with Gasteiger partial charge in [0.05, 0.1) is 21.7 Å². The molecular weight excluding hydrogens is 465 g/mol. The number of carbonyl (C=O) groups is 1. The number of benzene rings is 2. The molecule has 1 N–H and O–H groups in total. The molecule has 0 aliphatic heterocycles. The lowest BCUT2D eigenvalue weighted by Gasteiger charge is -2.10. The van der Waals surface area contributed by atoms with Crippen molar-refractivity contribution in [3.8, 4) is 5.75 Å². The lowest BCUT2D eigenvalue weighted by molar-refractivity contribution is 0.0950. The van der Waals surface area contributed by atoms with Crippen molar-refractivity contribution in [2.45, 2.75) is 26.6 Å². The molecule has 0 unspecified atom stereocenters. The molecule has 2 aromatic carbocycles. The van der Waals surface area contributed by atoms with Gasteiger partial charge in [-0.25, -0.2) is 0 Å². The van der Waals surface area contributed by atoms with Gasteiger partial charge in [0.15, 0.2) is 0 Å². The number of hydrogen-bond donors (Lipinski definition) is 1. The van der Waals surface area contributed by atoms with Gasteiger partial charge in [0.2, 0.25) is 0 Å². The van der Waals surface area contributed by atoms with Crippen molar-refractivity contribution in [1.82, 2.24) is 15.1 Å². The average molecular weight is 483 g/mol. The minimum absolute atomic E-state index is 0.180. The number of nitrogens with one attached hydrogen (secondary N) is 1. The van der Waals surface area contributed by atoms with E-state index in [1.807, 2.05) is 29.9 Å². The molecule has 0 aliphatic carbocycles. The minimum atomic E-state index is -0.180. The normalized spacial score (nSPS) is 10.7. The molecule has 0 bridgehead atoms. The van der Waals surface area contributed by atoms with Crippen LogP contribution in [-0.2, 0) is 19.7 Å². The molecule has 3 aromatic rings. The van der Waals surface area contributed by atoms with Gasteiger partial charge in [-0.05, 0) is 52.7 Å². The average Bonchev–Trinajstić information content (AvgIpc) is 3.07. The van der Waals surface area contributed by atoms with Crippen molar-refractivity contribution >= 4 is 45.0 Å².